The van der Waals surface area contributed by atoms with E-state index >= 15 is 0 Å². The Morgan fingerprint density at radius 2 is 1.75 bits per heavy atom. The van der Waals surface area contributed by atoms with Gasteiger partial charge in [0.2, 0.25) is 0 Å². The average molecular weight is 182 g/mol. The maximum atomic E-state index is 2.56. The summed E-state index contributed by atoms with van der Waals surface area (Å²) in [6, 6.07) is 1.55. The zero-order valence-electron chi connectivity index (χ0n) is 9.57. The Hall–Kier alpha value is 0.282. The summed E-state index contributed by atoms with van der Waals surface area (Å²) < 4.78 is 0. The van der Waals surface area contributed by atoms with Crippen LogP contribution in [0.25, 0.3) is 0 Å². The third-order valence-corrected chi connectivity index (χ3v) is 8.49. The van der Waals surface area contributed by atoms with E-state index in [1.165, 1.54) is 6.32 Å². The summed E-state index contributed by atoms with van der Waals surface area (Å²) in [6.45, 7) is 15.8. The van der Waals surface area contributed by atoms with Crippen molar-refractivity contribution in [3.05, 3.63) is 0 Å². The van der Waals surface area contributed by atoms with Crippen LogP contribution in [0.1, 0.15) is 27.7 Å². The molecule has 0 aliphatic carbocycles. The van der Waals surface area contributed by atoms with Gasteiger partial charge in [-0.1, -0.05) is 63.9 Å². The summed E-state index contributed by atoms with van der Waals surface area (Å²) in [5.41, 5.74) is 1.03. The minimum Gasteiger partial charge on any atom is -0.0761 e. The minimum absolute atomic E-state index is 0.542. The molecule has 1 aliphatic heterocycles. The molecule has 0 radical (unpaired) electrons. The van der Waals surface area contributed by atoms with Crippen molar-refractivity contribution in [2.24, 2.45) is 0 Å². The molecule has 0 nitrogen and oxygen atoms in total. The Morgan fingerprint density at radius 1 is 1.25 bits per heavy atom. The quantitative estimate of drug-likeness (QED) is 0.498. The van der Waals surface area contributed by atoms with Gasteiger partial charge in [-0.25, -0.2) is 0 Å². The second-order valence-electron chi connectivity index (χ2n) is 6.29. The Bertz CT molecular complexity index is 169. The lowest BCUT2D eigenvalue weighted by atomic mass is 9.32. The van der Waals surface area contributed by atoms with Crippen LogP contribution in [0.2, 0.25) is 36.2 Å². The molecule has 70 valence electrons. The molecule has 12 heavy (non-hydrogen) atoms. The Morgan fingerprint density at radius 3 is 1.92 bits per heavy atom. The maximum Gasteiger partial charge on any atom is 0.145 e. The third-order valence-electron chi connectivity index (χ3n) is 4.05. The van der Waals surface area contributed by atoms with Crippen LogP contribution in [0.15, 0.2) is 0 Å². The van der Waals surface area contributed by atoms with E-state index in [-0.39, 0.29) is 0 Å². The summed E-state index contributed by atoms with van der Waals surface area (Å²) in [7, 11) is -0.816. The molecule has 1 fully saturated rings. The van der Waals surface area contributed by atoms with Crippen molar-refractivity contribution >= 4 is 14.8 Å². The molecular weight excluding hydrogens is 159 g/mol. The zero-order valence-corrected chi connectivity index (χ0v) is 10.6. The number of hydrogen-bond acceptors (Lipinski definition) is 0. The van der Waals surface area contributed by atoms with E-state index in [9.17, 15) is 0 Å². The van der Waals surface area contributed by atoms with Gasteiger partial charge in [-0.3, -0.25) is 0 Å². The fraction of sp³-hybridized carbons (Fsp3) is 1.00. The summed E-state index contributed by atoms with van der Waals surface area (Å²) >= 11 is 0. The second-order valence-corrected chi connectivity index (χ2v) is 11.7. The van der Waals surface area contributed by atoms with Crippen molar-refractivity contribution in [3.8, 4) is 0 Å². The molecule has 0 saturated carbocycles. The van der Waals surface area contributed by atoms with Gasteiger partial charge in [0, 0.05) is 8.07 Å². The molecule has 0 amide bonds. The van der Waals surface area contributed by atoms with E-state index in [2.05, 4.69) is 40.8 Å². The molecule has 1 heterocycles. The lowest BCUT2D eigenvalue weighted by Crippen LogP contribution is -2.35. The van der Waals surface area contributed by atoms with Crippen molar-refractivity contribution < 1.29 is 0 Å². The first-order valence-corrected chi connectivity index (χ1v) is 8.53. The highest BCUT2D eigenvalue weighted by Gasteiger charge is 2.46. The molecule has 0 bridgehead atoms. The fourth-order valence-corrected chi connectivity index (χ4v) is 6.00. The molecule has 0 aromatic carbocycles. The van der Waals surface area contributed by atoms with Gasteiger partial charge in [-0.2, -0.15) is 0 Å². The van der Waals surface area contributed by atoms with Crippen LogP contribution in [0.4, 0.5) is 0 Å². The molecule has 1 saturated heterocycles. The van der Waals surface area contributed by atoms with Crippen molar-refractivity contribution in [3.63, 3.8) is 0 Å². The molecule has 1 aliphatic rings. The summed E-state index contributed by atoms with van der Waals surface area (Å²) in [5.74, 6) is 0. The predicted molar refractivity (Wildman–Crippen MR) is 62.0 cm³/mol. The standard InChI is InChI=1S/C10H23BSi/c1-9-11(10(2,3)4)7-8-12(9,5)6/h9H,7-8H2,1-6H3. The van der Waals surface area contributed by atoms with Gasteiger partial charge in [0.25, 0.3) is 0 Å². The zero-order chi connectivity index (χ0) is 9.57. The van der Waals surface area contributed by atoms with Crippen LogP contribution < -0.4 is 0 Å². The largest absolute Gasteiger partial charge is 0.145 e. The van der Waals surface area contributed by atoms with E-state index in [4.69, 9.17) is 0 Å². The van der Waals surface area contributed by atoms with Gasteiger partial charge in [-0.05, 0) is 0 Å². The number of hydrogen-bond donors (Lipinski definition) is 0. The van der Waals surface area contributed by atoms with Gasteiger partial charge < -0.3 is 0 Å². The lowest BCUT2D eigenvalue weighted by molar-refractivity contribution is 0.727. The Balaban J connectivity index is 2.74. The van der Waals surface area contributed by atoms with E-state index in [0.717, 1.165) is 12.2 Å². The van der Waals surface area contributed by atoms with Crippen molar-refractivity contribution in [1.82, 2.24) is 0 Å². The van der Waals surface area contributed by atoms with Crippen LogP contribution in [-0.4, -0.2) is 14.8 Å². The monoisotopic (exact) mass is 182 g/mol. The van der Waals surface area contributed by atoms with Gasteiger partial charge in [0.05, 0.1) is 0 Å². The van der Waals surface area contributed by atoms with Gasteiger partial charge in [0.15, 0.2) is 0 Å². The van der Waals surface area contributed by atoms with Crippen molar-refractivity contribution in [2.75, 3.05) is 0 Å². The molecule has 0 aromatic heterocycles. The first kappa shape index (κ1) is 10.4. The van der Waals surface area contributed by atoms with E-state index < -0.39 is 8.07 Å². The minimum atomic E-state index is -0.816. The van der Waals surface area contributed by atoms with E-state index in [1.54, 1.807) is 6.04 Å². The van der Waals surface area contributed by atoms with E-state index in [0.29, 0.717) is 5.31 Å². The van der Waals surface area contributed by atoms with Gasteiger partial charge >= 0.3 is 0 Å². The summed E-state index contributed by atoms with van der Waals surface area (Å²) in [6.07, 6.45) is 1.49. The normalized spacial score (nSPS) is 29.5. The van der Waals surface area contributed by atoms with Crippen molar-refractivity contribution in [1.29, 1.82) is 0 Å². The maximum absolute atomic E-state index is 2.56. The van der Waals surface area contributed by atoms with E-state index in [1.807, 2.05) is 0 Å². The number of rotatable bonds is 0. The topological polar surface area (TPSA) is 0 Å². The highest BCUT2D eigenvalue weighted by atomic mass is 28.3. The summed E-state index contributed by atoms with van der Waals surface area (Å²) in [4.78, 5) is 0. The first-order valence-electron chi connectivity index (χ1n) is 5.25. The molecule has 1 unspecified atom stereocenters. The second kappa shape index (κ2) is 2.90. The molecule has 0 aromatic rings. The smallest absolute Gasteiger partial charge is 0.0761 e. The predicted octanol–water partition coefficient (Wildman–Crippen LogP) is 3.93. The Kier molecular flexibility index (Phi) is 2.50. The van der Waals surface area contributed by atoms with Gasteiger partial charge in [-0.15, -0.1) is 0 Å². The summed E-state index contributed by atoms with van der Waals surface area (Å²) in [5, 5.41) is 0.542. The van der Waals surface area contributed by atoms with Crippen LogP contribution in [0, 0.1) is 0 Å². The average Bonchev–Trinajstić information content (AvgIpc) is 2.06. The highest BCUT2D eigenvalue weighted by molar-refractivity contribution is 6.95. The van der Waals surface area contributed by atoms with Crippen LogP contribution in [0.5, 0.6) is 0 Å². The fourth-order valence-electron chi connectivity index (χ4n) is 2.73. The highest BCUT2D eigenvalue weighted by Crippen LogP contribution is 2.48. The lowest BCUT2D eigenvalue weighted by Gasteiger charge is -2.31. The van der Waals surface area contributed by atoms with Gasteiger partial charge in [0.1, 0.15) is 6.71 Å². The molecule has 2 heteroatoms. The molecular formula is C10H23BSi. The Labute approximate surface area is 79.2 Å². The SMILES string of the molecule is CC1B(C(C)(C)C)CC[Si]1(C)C. The van der Waals surface area contributed by atoms with Crippen LogP contribution in [-0.2, 0) is 0 Å². The molecule has 0 N–H and O–H groups in total. The first-order chi connectivity index (χ1) is 5.25. The third kappa shape index (κ3) is 1.78. The molecule has 1 atom stereocenters. The molecule has 1 rings (SSSR count). The molecule has 0 spiro atoms. The van der Waals surface area contributed by atoms with Crippen molar-refractivity contribution in [2.45, 2.75) is 63.9 Å². The van der Waals surface area contributed by atoms with Crippen LogP contribution in [0.3, 0.4) is 0 Å². The van der Waals surface area contributed by atoms with Crippen LogP contribution >= 0.6 is 0 Å².